The Kier molecular flexibility index (Phi) is 6.58. The fourth-order valence-corrected chi connectivity index (χ4v) is 4.32. The van der Waals surface area contributed by atoms with Gasteiger partial charge in [0, 0.05) is 56.1 Å². The Hall–Kier alpha value is -2.25. The molecule has 2 N–H and O–H groups in total. The molecule has 0 saturated carbocycles. The van der Waals surface area contributed by atoms with Crippen LogP contribution in [0, 0.1) is 0 Å². The predicted octanol–water partition coefficient (Wildman–Crippen LogP) is 2.13. The van der Waals surface area contributed by atoms with Gasteiger partial charge in [0.2, 0.25) is 5.91 Å². The van der Waals surface area contributed by atoms with Gasteiger partial charge in [-0.2, -0.15) is 0 Å². The van der Waals surface area contributed by atoms with Crippen LogP contribution in [0.5, 0.6) is 0 Å². The molecule has 1 aliphatic rings. The van der Waals surface area contributed by atoms with E-state index >= 15 is 0 Å². The molecule has 0 aromatic carbocycles. The molecule has 0 atom stereocenters. The minimum atomic E-state index is -0.0870. The van der Waals surface area contributed by atoms with Crippen molar-refractivity contribution in [3.05, 3.63) is 51.0 Å². The third-order valence-electron chi connectivity index (χ3n) is 4.73. The standard InChI is InChI=1S/C20H26N4O2S/c1-3-15-4-5-16(23-10-15)11-24-9-6-17-18(13-27-19(17)12-24)20(26)22-8-7-21-14(2)25/h4-5,10,13H,3,6-9,11-12H2,1-2H3,(H,21,25)(H,22,26). The second kappa shape index (κ2) is 9.10. The van der Waals surface area contributed by atoms with Crippen LogP contribution in [-0.2, 0) is 30.7 Å². The first-order valence-electron chi connectivity index (χ1n) is 9.35. The van der Waals surface area contributed by atoms with E-state index in [1.54, 1.807) is 11.3 Å². The van der Waals surface area contributed by atoms with Gasteiger partial charge in [0.1, 0.15) is 0 Å². The first-order valence-corrected chi connectivity index (χ1v) is 10.2. The number of hydrogen-bond donors (Lipinski definition) is 2. The van der Waals surface area contributed by atoms with Crippen molar-refractivity contribution in [3.63, 3.8) is 0 Å². The number of rotatable bonds is 7. The first-order chi connectivity index (χ1) is 13.1. The third kappa shape index (κ3) is 5.14. The van der Waals surface area contributed by atoms with Gasteiger partial charge in [-0.1, -0.05) is 13.0 Å². The summed E-state index contributed by atoms with van der Waals surface area (Å²) in [5, 5.41) is 7.52. The van der Waals surface area contributed by atoms with E-state index < -0.39 is 0 Å². The van der Waals surface area contributed by atoms with Crippen molar-refractivity contribution in [2.75, 3.05) is 19.6 Å². The van der Waals surface area contributed by atoms with Crippen molar-refractivity contribution in [1.82, 2.24) is 20.5 Å². The lowest BCUT2D eigenvalue weighted by atomic mass is 10.0. The van der Waals surface area contributed by atoms with E-state index in [-0.39, 0.29) is 11.8 Å². The monoisotopic (exact) mass is 386 g/mol. The number of nitrogens with one attached hydrogen (secondary N) is 2. The number of carbonyl (C=O) groups excluding carboxylic acids is 2. The predicted molar refractivity (Wildman–Crippen MR) is 107 cm³/mol. The minimum absolute atomic E-state index is 0.0527. The molecule has 0 bridgehead atoms. The van der Waals surface area contributed by atoms with Gasteiger partial charge in [0.15, 0.2) is 0 Å². The van der Waals surface area contributed by atoms with Crippen molar-refractivity contribution in [1.29, 1.82) is 0 Å². The lowest BCUT2D eigenvalue weighted by Gasteiger charge is -2.27. The molecule has 0 fully saturated rings. The van der Waals surface area contributed by atoms with Crippen LogP contribution < -0.4 is 10.6 Å². The molecule has 3 rings (SSSR count). The van der Waals surface area contributed by atoms with Gasteiger partial charge in [0.25, 0.3) is 5.91 Å². The van der Waals surface area contributed by atoms with Crippen LogP contribution in [0.3, 0.4) is 0 Å². The molecule has 0 saturated heterocycles. The van der Waals surface area contributed by atoms with E-state index in [1.165, 1.54) is 22.9 Å². The highest BCUT2D eigenvalue weighted by Crippen LogP contribution is 2.29. The highest BCUT2D eigenvalue weighted by atomic mass is 32.1. The largest absolute Gasteiger partial charge is 0.355 e. The fraction of sp³-hybridized carbons (Fsp3) is 0.450. The summed E-state index contributed by atoms with van der Waals surface area (Å²) in [4.78, 5) is 31.5. The van der Waals surface area contributed by atoms with Crippen molar-refractivity contribution in [2.24, 2.45) is 0 Å². The summed E-state index contributed by atoms with van der Waals surface area (Å²) in [5.74, 6) is -0.140. The number of fused-ring (bicyclic) bond motifs is 1. The quantitative estimate of drug-likeness (QED) is 0.715. The number of amides is 2. The van der Waals surface area contributed by atoms with Crippen LogP contribution >= 0.6 is 11.3 Å². The van der Waals surface area contributed by atoms with Gasteiger partial charge >= 0.3 is 0 Å². The molecule has 7 heteroatoms. The molecular formula is C20H26N4O2S. The number of aromatic nitrogens is 1. The molecule has 6 nitrogen and oxygen atoms in total. The summed E-state index contributed by atoms with van der Waals surface area (Å²) in [5.41, 5.74) is 4.29. The number of hydrogen-bond acceptors (Lipinski definition) is 5. The number of nitrogens with zero attached hydrogens (tertiary/aromatic N) is 2. The summed E-state index contributed by atoms with van der Waals surface area (Å²) in [6.07, 6.45) is 3.84. The third-order valence-corrected chi connectivity index (χ3v) is 5.75. The minimum Gasteiger partial charge on any atom is -0.355 e. The lowest BCUT2D eigenvalue weighted by Crippen LogP contribution is -2.34. The van der Waals surface area contributed by atoms with Crippen LogP contribution in [0.1, 0.15) is 45.9 Å². The van der Waals surface area contributed by atoms with Crippen molar-refractivity contribution in [2.45, 2.75) is 39.8 Å². The Morgan fingerprint density at radius 3 is 2.78 bits per heavy atom. The topological polar surface area (TPSA) is 74.3 Å². The van der Waals surface area contributed by atoms with Crippen molar-refractivity contribution < 1.29 is 9.59 Å². The van der Waals surface area contributed by atoms with Gasteiger partial charge in [-0.3, -0.25) is 19.5 Å². The zero-order valence-electron chi connectivity index (χ0n) is 15.9. The van der Waals surface area contributed by atoms with Crippen molar-refractivity contribution >= 4 is 23.2 Å². The van der Waals surface area contributed by atoms with E-state index in [4.69, 9.17) is 0 Å². The Morgan fingerprint density at radius 2 is 2.07 bits per heavy atom. The van der Waals surface area contributed by atoms with E-state index in [0.29, 0.717) is 13.1 Å². The number of aryl methyl sites for hydroxylation is 1. The number of thiophene rings is 1. The first kappa shape index (κ1) is 19.5. The second-order valence-electron chi connectivity index (χ2n) is 6.76. The molecule has 1 aliphatic heterocycles. The summed E-state index contributed by atoms with van der Waals surface area (Å²) >= 11 is 1.65. The molecule has 2 aromatic rings. The lowest BCUT2D eigenvalue weighted by molar-refractivity contribution is -0.118. The molecule has 0 spiro atoms. The Labute approximate surface area is 164 Å². The molecule has 0 unspecified atom stereocenters. The molecule has 2 aromatic heterocycles. The Balaban J connectivity index is 1.56. The SMILES string of the molecule is CCc1ccc(CN2CCc3c(C(=O)NCCNC(C)=O)csc3C2)nc1. The number of carbonyl (C=O) groups is 2. The Morgan fingerprint density at radius 1 is 1.26 bits per heavy atom. The molecule has 27 heavy (non-hydrogen) atoms. The Bertz CT molecular complexity index is 801. The van der Waals surface area contributed by atoms with E-state index in [9.17, 15) is 9.59 Å². The van der Waals surface area contributed by atoms with Crippen molar-refractivity contribution in [3.8, 4) is 0 Å². The summed E-state index contributed by atoms with van der Waals surface area (Å²) in [6.45, 7) is 7.10. The molecule has 0 radical (unpaired) electrons. The smallest absolute Gasteiger partial charge is 0.252 e. The van der Waals surface area contributed by atoms with Crippen LogP contribution in [0.15, 0.2) is 23.7 Å². The van der Waals surface area contributed by atoms with E-state index in [2.05, 4.69) is 39.6 Å². The van der Waals surface area contributed by atoms with Gasteiger partial charge in [-0.25, -0.2) is 0 Å². The maximum absolute atomic E-state index is 12.4. The van der Waals surface area contributed by atoms with Crippen LogP contribution in [0.25, 0.3) is 0 Å². The highest BCUT2D eigenvalue weighted by Gasteiger charge is 2.24. The van der Waals surface area contributed by atoms with Crippen LogP contribution in [0.4, 0.5) is 0 Å². The summed E-state index contributed by atoms with van der Waals surface area (Å²) < 4.78 is 0. The zero-order chi connectivity index (χ0) is 19.2. The van der Waals surface area contributed by atoms with E-state index in [1.807, 2.05) is 11.6 Å². The average Bonchev–Trinajstić information content (AvgIpc) is 3.09. The van der Waals surface area contributed by atoms with Gasteiger partial charge in [0.05, 0.1) is 11.3 Å². The van der Waals surface area contributed by atoms with Crippen LogP contribution in [0.2, 0.25) is 0 Å². The second-order valence-corrected chi connectivity index (χ2v) is 7.73. The molecule has 2 amide bonds. The van der Waals surface area contributed by atoms with Gasteiger partial charge < -0.3 is 10.6 Å². The molecule has 3 heterocycles. The molecule has 144 valence electrons. The summed E-state index contributed by atoms with van der Waals surface area (Å²) in [7, 11) is 0. The van der Waals surface area contributed by atoms with E-state index in [0.717, 1.165) is 43.7 Å². The summed E-state index contributed by atoms with van der Waals surface area (Å²) in [6, 6.07) is 4.25. The maximum Gasteiger partial charge on any atom is 0.252 e. The highest BCUT2D eigenvalue weighted by molar-refractivity contribution is 7.10. The normalized spacial score (nSPS) is 13.9. The molecule has 0 aliphatic carbocycles. The van der Waals surface area contributed by atoms with Crippen LogP contribution in [-0.4, -0.2) is 41.3 Å². The molecular weight excluding hydrogens is 360 g/mol. The van der Waals surface area contributed by atoms with Gasteiger partial charge in [-0.05, 0) is 30.0 Å². The zero-order valence-corrected chi connectivity index (χ0v) is 16.7. The fourth-order valence-electron chi connectivity index (χ4n) is 3.20. The number of pyridine rings is 1. The van der Waals surface area contributed by atoms with Gasteiger partial charge in [-0.15, -0.1) is 11.3 Å². The average molecular weight is 387 g/mol. The maximum atomic E-state index is 12.4.